The summed E-state index contributed by atoms with van der Waals surface area (Å²) in [4.78, 5) is 10.9. The monoisotopic (exact) mass is 260 g/mol. The molecule has 104 valence electrons. The molecule has 0 saturated carbocycles. The first-order chi connectivity index (χ1) is 8.69. The van der Waals surface area contributed by atoms with E-state index in [1.165, 1.54) is 23.6 Å². The van der Waals surface area contributed by atoms with E-state index in [9.17, 15) is 4.79 Å². The van der Waals surface area contributed by atoms with E-state index in [4.69, 9.17) is 4.74 Å². The maximum Gasteiger partial charge on any atom is 0.308 e. The minimum Gasteiger partial charge on any atom is -0.427 e. The van der Waals surface area contributed by atoms with Crippen LogP contribution >= 0.6 is 0 Å². The van der Waals surface area contributed by atoms with Gasteiger partial charge in [-0.15, -0.1) is 0 Å². The first-order valence-electron chi connectivity index (χ1n) is 6.64. The van der Waals surface area contributed by atoms with Gasteiger partial charge in [-0.2, -0.15) is 0 Å². The summed E-state index contributed by atoms with van der Waals surface area (Å²) in [6.07, 6.45) is 1.03. The van der Waals surface area contributed by atoms with Gasteiger partial charge in [-0.3, -0.25) is 4.79 Å². The van der Waals surface area contributed by atoms with Crippen LogP contribution in [0, 0.1) is 5.41 Å². The number of esters is 1. The quantitative estimate of drug-likeness (QED) is 0.574. The number of carbonyl (C=O) groups is 1. The van der Waals surface area contributed by atoms with E-state index in [0.29, 0.717) is 5.75 Å². The third-order valence-corrected chi connectivity index (χ3v) is 2.78. The normalized spacial score (nSPS) is 11.1. The third kappa shape index (κ3) is 5.29. The number of rotatable bonds is 3. The van der Waals surface area contributed by atoms with Crippen LogP contribution in [0.1, 0.15) is 53.5 Å². The smallest absolute Gasteiger partial charge is 0.308 e. The van der Waals surface area contributed by atoms with Gasteiger partial charge in [0.25, 0.3) is 0 Å². The molecule has 1 aromatic carbocycles. The summed E-state index contributed by atoms with van der Waals surface area (Å²) >= 11 is 0. The van der Waals surface area contributed by atoms with Gasteiger partial charge < -0.3 is 4.74 Å². The lowest BCUT2D eigenvalue weighted by Crippen LogP contribution is -2.07. The Morgan fingerprint density at radius 2 is 1.58 bits per heavy atom. The Bertz CT molecular complexity index is 469. The molecule has 0 bridgehead atoms. The van der Waals surface area contributed by atoms with E-state index >= 15 is 0 Å². The second-order valence-corrected chi connectivity index (χ2v) is 6.33. The zero-order valence-electron chi connectivity index (χ0n) is 12.8. The fourth-order valence-electron chi connectivity index (χ4n) is 1.99. The molecule has 0 spiro atoms. The van der Waals surface area contributed by atoms with Crippen molar-refractivity contribution in [3.05, 3.63) is 35.4 Å². The van der Waals surface area contributed by atoms with Gasteiger partial charge in [0, 0.05) is 6.92 Å². The highest BCUT2D eigenvalue weighted by molar-refractivity contribution is 5.71. The number of benzene rings is 1. The Balaban J connectivity index is 3.00. The molecule has 2 nitrogen and oxygen atoms in total. The minimum atomic E-state index is -0.287. The zero-order valence-corrected chi connectivity index (χ0v) is 12.8. The second kappa shape index (κ2) is 6.05. The average Bonchev–Trinajstić information content (AvgIpc) is 2.25. The molecule has 0 aliphatic carbocycles. The van der Waals surface area contributed by atoms with Crippen molar-refractivity contribution in [2.45, 2.75) is 48.0 Å². The molecule has 0 aliphatic rings. The van der Waals surface area contributed by atoms with Gasteiger partial charge in [-0.1, -0.05) is 38.5 Å². The topological polar surface area (TPSA) is 26.3 Å². The molecule has 0 fully saturated rings. The van der Waals surface area contributed by atoms with Crippen molar-refractivity contribution >= 4 is 11.5 Å². The van der Waals surface area contributed by atoms with Gasteiger partial charge in [0.2, 0.25) is 0 Å². The molecule has 0 amide bonds. The number of hydrogen-bond donors (Lipinski definition) is 0. The van der Waals surface area contributed by atoms with Gasteiger partial charge in [-0.05, 0) is 49.0 Å². The molecule has 0 heterocycles. The third-order valence-electron chi connectivity index (χ3n) is 2.78. The summed E-state index contributed by atoms with van der Waals surface area (Å²) in [6.45, 7) is 12.4. The molecule has 0 aliphatic heterocycles. The predicted molar refractivity (Wildman–Crippen MR) is 80.1 cm³/mol. The summed E-state index contributed by atoms with van der Waals surface area (Å²) in [5.74, 6) is 0.310. The average molecular weight is 260 g/mol. The Labute approximate surface area is 116 Å². The summed E-state index contributed by atoms with van der Waals surface area (Å²) in [7, 11) is 0. The molecule has 1 rings (SSSR count). The largest absolute Gasteiger partial charge is 0.427 e. The maximum atomic E-state index is 10.9. The van der Waals surface area contributed by atoms with Crippen LogP contribution in [-0.2, 0) is 4.79 Å². The summed E-state index contributed by atoms with van der Waals surface area (Å²) in [5.41, 5.74) is 4.14. The van der Waals surface area contributed by atoms with E-state index in [1.54, 1.807) is 0 Å². The molecule has 0 atom stereocenters. The van der Waals surface area contributed by atoms with Crippen molar-refractivity contribution in [2.75, 3.05) is 0 Å². The number of ether oxygens (including phenoxy) is 1. The van der Waals surface area contributed by atoms with Crippen LogP contribution in [0.15, 0.2) is 29.8 Å². The van der Waals surface area contributed by atoms with Crippen LogP contribution < -0.4 is 4.74 Å². The molecule has 19 heavy (non-hydrogen) atoms. The molecule has 0 aromatic heterocycles. The highest BCUT2D eigenvalue weighted by atomic mass is 16.5. The lowest BCUT2D eigenvalue weighted by atomic mass is 9.83. The van der Waals surface area contributed by atoms with E-state index in [0.717, 1.165) is 6.42 Å². The Morgan fingerprint density at radius 3 is 1.95 bits per heavy atom. The van der Waals surface area contributed by atoms with Crippen molar-refractivity contribution < 1.29 is 9.53 Å². The van der Waals surface area contributed by atoms with Crippen LogP contribution in [0.2, 0.25) is 0 Å². The fourth-order valence-corrected chi connectivity index (χ4v) is 1.99. The zero-order chi connectivity index (χ0) is 14.6. The minimum absolute atomic E-state index is 0.251. The summed E-state index contributed by atoms with van der Waals surface area (Å²) in [5, 5.41) is 0. The fraction of sp³-hybridized carbons (Fsp3) is 0.471. The second-order valence-electron chi connectivity index (χ2n) is 6.33. The van der Waals surface area contributed by atoms with E-state index in [1.807, 2.05) is 24.3 Å². The van der Waals surface area contributed by atoms with Crippen molar-refractivity contribution in [1.29, 1.82) is 0 Å². The lowest BCUT2D eigenvalue weighted by Gasteiger charge is -2.22. The maximum absolute atomic E-state index is 10.9. The molecular weight excluding hydrogens is 236 g/mol. The molecular formula is C17H24O2. The van der Waals surface area contributed by atoms with Crippen molar-refractivity contribution in [1.82, 2.24) is 0 Å². The van der Waals surface area contributed by atoms with Gasteiger partial charge in [0.15, 0.2) is 0 Å². The Hall–Kier alpha value is -1.57. The molecule has 0 radical (unpaired) electrons. The Kier molecular flexibility index (Phi) is 4.93. The molecule has 0 N–H and O–H groups in total. The van der Waals surface area contributed by atoms with Gasteiger partial charge in [-0.25, -0.2) is 0 Å². The Morgan fingerprint density at radius 1 is 1.05 bits per heavy atom. The van der Waals surface area contributed by atoms with Gasteiger partial charge >= 0.3 is 5.97 Å². The van der Waals surface area contributed by atoms with Crippen LogP contribution in [0.25, 0.3) is 5.57 Å². The molecule has 0 saturated heterocycles. The summed E-state index contributed by atoms with van der Waals surface area (Å²) in [6, 6.07) is 7.74. The van der Waals surface area contributed by atoms with E-state index in [2.05, 4.69) is 34.6 Å². The lowest BCUT2D eigenvalue weighted by molar-refractivity contribution is -0.131. The van der Waals surface area contributed by atoms with Gasteiger partial charge in [0.1, 0.15) is 5.75 Å². The number of carbonyl (C=O) groups excluding carboxylic acids is 1. The van der Waals surface area contributed by atoms with Crippen LogP contribution in [0.3, 0.4) is 0 Å². The van der Waals surface area contributed by atoms with Crippen molar-refractivity contribution in [2.24, 2.45) is 5.41 Å². The first kappa shape index (κ1) is 15.5. The highest BCUT2D eigenvalue weighted by Crippen LogP contribution is 2.33. The van der Waals surface area contributed by atoms with Crippen LogP contribution in [0.4, 0.5) is 0 Å². The van der Waals surface area contributed by atoms with E-state index in [-0.39, 0.29) is 11.4 Å². The van der Waals surface area contributed by atoms with Crippen molar-refractivity contribution in [3.63, 3.8) is 0 Å². The first-order valence-corrected chi connectivity index (χ1v) is 6.64. The number of hydrogen-bond acceptors (Lipinski definition) is 2. The SMILES string of the molecule is CC(=O)Oc1ccc(C(CC(C)(C)C)=C(C)C)cc1. The van der Waals surface area contributed by atoms with Gasteiger partial charge in [0.05, 0.1) is 0 Å². The van der Waals surface area contributed by atoms with Crippen LogP contribution in [0.5, 0.6) is 5.75 Å². The van der Waals surface area contributed by atoms with Crippen molar-refractivity contribution in [3.8, 4) is 5.75 Å². The standard InChI is InChI=1S/C17H24O2/c1-12(2)16(11-17(4,5)6)14-7-9-15(10-8-14)19-13(3)18/h7-10H,11H2,1-6H3. The predicted octanol–water partition coefficient (Wildman–Crippen LogP) is 4.84. The van der Waals surface area contributed by atoms with E-state index < -0.39 is 0 Å². The molecule has 2 heteroatoms. The molecule has 0 unspecified atom stereocenters. The van der Waals surface area contributed by atoms with Crippen LogP contribution in [-0.4, -0.2) is 5.97 Å². The number of allylic oxidation sites excluding steroid dienone is 2. The molecule has 1 aromatic rings. The summed E-state index contributed by atoms with van der Waals surface area (Å²) < 4.78 is 5.06. The highest BCUT2D eigenvalue weighted by Gasteiger charge is 2.15.